The molecule has 27 heavy (non-hydrogen) atoms. The molecule has 138 valence electrons. The molecular formula is C23H24N2O2. The minimum absolute atomic E-state index is 0.0784. The minimum Gasteiger partial charge on any atom is -0.491 e. The van der Waals surface area contributed by atoms with Crippen molar-refractivity contribution in [3.05, 3.63) is 90.5 Å². The standard InChI is InChI=1S/C23H24N2O2/c24-21-14-7-8-15-22(21)27-17-9-16-23(26)25(20-12-5-2-6-13-20)18-19-10-3-1-4-11-19/h1-8,10-15H,9,16-18,24H2. The highest BCUT2D eigenvalue weighted by atomic mass is 16.5. The monoisotopic (exact) mass is 360 g/mol. The normalized spacial score (nSPS) is 10.4. The van der Waals surface area contributed by atoms with Crippen LogP contribution in [0.5, 0.6) is 5.75 Å². The summed E-state index contributed by atoms with van der Waals surface area (Å²) in [7, 11) is 0. The summed E-state index contributed by atoms with van der Waals surface area (Å²) in [5.74, 6) is 0.740. The van der Waals surface area contributed by atoms with Gasteiger partial charge in [0.2, 0.25) is 5.91 Å². The number of hydrogen-bond donors (Lipinski definition) is 1. The lowest BCUT2D eigenvalue weighted by atomic mass is 10.1. The molecule has 0 radical (unpaired) electrons. The van der Waals surface area contributed by atoms with Crippen molar-refractivity contribution in [3.8, 4) is 5.75 Å². The number of rotatable bonds is 8. The van der Waals surface area contributed by atoms with Gasteiger partial charge < -0.3 is 15.4 Å². The predicted octanol–water partition coefficient (Wildman–Crippen LogP) is 4.66. The van der Waals surface area contributed by atoms with Crippen LogP contribution < -0.4 is 15.4 Å². The number of carbonyl (C=O) groups excluding carboxylic acids is 1. The highest BCUT2D eigenvalue weighted by molar-refractivity contribution is 5.93. The van der Waals surface area contributed by atoms with Gasteiger partial charge in [-0.05, 0) is 36.2 Å². The summed E-state index contributed by atoms with van der Waals surface area (Å²) in [4.78, 5) is 14.7. The van der Waals surface area contributed by atoms with Gasteiger partial charge in [0.15, 0.2) is 0 Å². The summed E-state index contributed by atoms with van der Waals surface area (Å²) in [5, 5.41) is 0. The summed E-state index contributed by atoms with van der Waals surface area (Å²) in [6.45, 7) is 1.00. The number of nitrogen functional groups attached to an aromatic ring is 1. The van der Waals surface area contributed by atoms with Crippen LogP contribution in [-0.2, 0) is 11.3 Å². The van der Waals surface area contributed by atoms with Gasteiger partial charge in [-0.15, -0.1) is 0 Å². The molecule has 0 atom stereocenters. The van der Waals surface area contributed by atoms with E-state index in [4.69, 9.17) is 10.5 Å². The lowest BCUT2D eigenvalue weighted by Crippen LogP contribution is -2.30. The number of carbonyl (C=O) groups is 1. The van der Waals surface area contributed by atoms with E-state index in [0.29, 0.717) is 37.4 Å². The first kappa shape index (κ1) is 18.5. The summed E-state index contributed by atoms with van der Waals surface area (Å²) in [5.41, 5.74) is 8.48. The fourth-order valence-electron chi connectivity index (χ4n) is 2.85. The molecule has 0 bridgehead atoms. The van der Waals surface area contributed by atoms with Crippen LogP contribution >= 0.6 is 0 Å². The highest BCUT2D eigenvalue weighted by Gasteiger charge is 2.16. The number of ether oxygens (including phenoxy) is 1. The van der Waals surface area contributed by atoms with Crippen molar-refractivity contribution in [2.45, 2.75) is 19.4 Å². The molecule has 0 saturated heterocycles. The van der Waals surface area contributed by atoms with E-state index in [1.165, 1.54) is 0 Å². The van der Waals surface area contributed by atoms with Crippen molar-refractivity contribution in [1.82, 2.24) is 0 Å². The van der Waals surface area contributed by atoms with Gasteiger partial charge in [0, 0.05) is 12.1 Å². The number of amides is 1. The molecule has 3 aromatic rings. The molecule has 3 rings (SSSR count). The van der Waals surface area contributed by atoms with Gasteiger partial charge in [-0.3, -0.25) is 4.79 Å². The number of hydrogen-bond acceptors (Lipinski definition) is 3. The van der Waals surface area contributed by atoms with Crippen molar-refractivity contribution in [2.24, 2.45) is 0 Å². The Hall–Kier alpha value is -3.27. The van der Waals surface area contributed by atoms with E-state index in [0.717, 1.165) is 11.3 Å². The average Bonchev–Trinajstić information content (AvgIpc) is 2.72. The van der Waals surface area contributed by atoms with Crippen LogP contribution in [0.3, 0.4) is 0 Å². The molecular weight excluding hydrogens is 336 g/mol. The van der Waals surface area contributed by atoms with E-state index in [2.05, 4.69) is 0 Å². The van der Waals surface area contributed by atoms with Crippen molar-refractivity contribution < 1.29 is 9.53 Å². The second-order valence-corrected chi connectivity index (χ2v) is 6.29. The molecule has 0 fully saturated rings. The molecule has 0 aliphatic heterocycles. The van der Waals surface area contributed by atoms with Crippen LogP contribution in [0.1, 0.15) is 18.4 Å². The highest BCUT2D eigenvalue weighted by Crippen LogP contribution is 2.21. The maximum Gasteiger partial charge on any atom is 0.227 e. The zero-order chi connectivity index (χ0) is 18.9. The quantitative estimate of drug-likeness (QED) is 0.469. The lowest BCUT2D eigenvalue weighted by Gasteiger charge is -2.23. The number of anilines is 2. The van der Waals surface area contributed by atoms with E-state index in [1.54, 1.807) is 6.07 Å². The Balaban J connectivity index is 1.60. The van der Waals surface area contributed by atoms with Gasteiger partial charge in [0.1, 0.15) is 5.75 Å². The van der Waals surface area contributed by atoms with Gasteiger partial charge in [-0.1, -0.05) is 60.7 Å². The minimum atomic E-state index is 0.0784. The summed E-state index contributed by atoms with van der Waals surface area (Å²) >= 11 is 0. The Morgan fingerprint density at radius 2 is 1.48 bits per heavy atom. The Kier molecular flexibility index (Phi) is 6.47. The average molecular weight is 360 g/mol. The number of nitrogens with two attached hydrogens (primary N) is 1. The van der Waals surface area contributed by atoms with Gasteiger partial charge in [-0.2, -0.15) is 0 Å². The first-order valence-electron chi connectivity index (χ1n) is 9.10. The zero-order valence-corrected chi connectivity index (χ0v) is 15.3. The maximum atomic E-state index is 12.9. The van der Waals surface area contributed by atoms with Gasteiger partial charge >= 0.3 is 0 Å². The Morgan fingerprint density at radius 1 is 0.852 bits per heavy atom. The molecule has 2 N–H and O–H groups in total. The van der Waals surface area contributed by atoms with Gasteiger partial charge in [0.25, 0.3) is 0 Å². The molecule has 0 unspecified atom stereocenters. The molecule has 3 aromatic carbocycles. The second-order valence-electron chi connectivity index (χ2n) is 6.29. The Labute approximate surface area is 160 Å². The fraction of sp³-hybridized carbons (Fsp3) is 0.174. The first-order valence-corrected chi connectivity index (χ1v) is 9.10. The van der Waals surface area contributed by atoms with Crippen LogP contribution in [0.4, 0.5) is 11.4 Å². The van der Waals surface area contributed by atoms with Crippen LogP contribution in [0.2, 0.25) is 0 Å². The second kappa shape index (κ2) is 9.43. The first-order chi connectivity index (χ1) is 13.2. The Bertz CT molecular complexity index is 851. The number of nitrogens with zero attached hydrogens (tertiary/aromatic N) is 1. The molecule has 4 nitrogen and oxygen atoms in total. The molecule has 0 heterocycles. The van der Waals surface area contributed by atoms with E-state index in [1.807, 2.05) is 83.8 Å². The largest absolute Gasteiger partial charge is 0.491 e. The molecule has 0 spiro atoms. The van der Waals surface area contributed by atoms with Crippen molar-refractivity contribution >= 4 is 17.3 Å². The van der Waals surface area contributed by atoms with Gasteiger partial charge in [-0.25, -0.2) is 0 Å². The SMILES string of the molecule is Nc1ccccc1OCCCC(=O)N(Cc1ccccc1)c1ccccc1. The van der Waals surface area contributed by atoms with Gasteiger partial charge in [0.05, 0.1) is 18.8 Å². The van der Waals surface area contributed by atoms with Crippen molar-refractivity contribution in [3.63, 3.8) is 0 Å². The summed E-state index contributed by atoms with van der Waals surface area (Å²) in [6, 6.07) is 27.2. The van der Waals surface area contributed by atoms with Crippen LogP contribution in [0.25, 0.3) is 0 Å². The summed E-state index contributed by atoms with van der Waals surface area (Å²) in [6.07, 6.45) is 1.04. The Morgan fingerprint density at radius 3 is 2.19 bits per heavy atom. The smallest absolute Gasteiger partial charge is 0.227 e. The maximum absolute atomic E-state index is 12.9. The molecule has 0 aromatic heterocycles. The van der Waals surface area contributed by atoms with Crippen molar-refractivity contribution in [1.29, 1.82) is 0 Å². The predicted molar refractivity (Wildman–Crippen MR) is 110 cm³/mol. The van der Waals surface area contributed by atoms with Crippen molar-refractivity contribution in [2.75, 3.05) is 17.2 Å². The number of para-hydroxylation sites is 3. The molecule has 4 heteroatoms. The molecule has 0 saturated carbocycles. The van der Waals surface area contributed by atoms with Crippen LogP contribution in [-0.4, -0.2) is 12.5 Å². The zero-order valence-electron chi connectivity index (χ0n) is 15.3. The fourth-order valence-corrected chi connectivity index (χ4v) is 2.85. The van der Waals surface area contributed by atoms with E-state index < -0.39 is 0 Å². The lowest BCUT2D eigenvalue weighted by molar-refractivity contribution is -0.119. The topological polar surface area (TPSA) is 55.6 Å². The third kappa shape index (κ3) is 5.35. The van der Waals surface area contributed by atoms with Crippen LogP contribution in [0.15, 0.2) is 84.9 Å². The van der Waals surface area contributed by atoms with E-state index in [-0.39, 0.29) is 5.91 Å². The van der Waals surface area contributed by atoms with Crippen LogP contribution in [0, 0.1) is 0 Å². The molecule has 1 amide bonds. The third-order valence-electron chi connectivity index (χ3n) is 4.26. The molecule has 0 aliphatic rings. The van der Waals surface area contributed by atoms with E-state index in [9.17, 15) is 4.79 Å². The third-order valence-corrected chi connectivity index (χ3v) is 4.26. The summed E-state index contributed by atoms with van der Waals surface area (Å²) < 4.78 is 5.70. The van der Waals surface area contributed by atoms with E-state index >= 15 is 0 Å². The molecule has 0 aliphatic carbocycles. The number of benzene rings is 3.